The topological polar surface area (TPSA) is 141 Å². The molecule has 196 valence electrons. The molecular formula is C23H22F3N5O4S2. The summed E-state index contributed by atoms with van der Waals surface area (Å²) in [6.07, 6.45) is -3.32. The average molecular weight is 554 g/mol. The van der Waals surface area contributed by atoms with Gasteiger partial charge in [0.05, 0.1) is 17.4 Å². The lowest BCUT2D eigenvalue weighted by Crippen LogP contribution is -2.45. The third-order valence-corrected chi connectivity index (χ3v) is 7.45. The first-order chi connectivity index (χ1) is 17.6. The molecule has 1 aromatic carbocycles. The summed E-state index contributed by atoms with van der Waals surface area (Å²) in [4.78, 5) is 40.1. The van der Waals surface area contributed by atoms with Crippen molar-refractivity contribution in [1.29, 1.82) is 0 Å². The summed E-state index contributed by atoms with van der Waals surface area (Å²) >= 11 is 1.72. The Balaban J connectivity index is 1.81. The first-order valence-electron chi connectivity index (χ1n) is 11.1. The van der Waals surface area contributed by atoms with Gasteiger partial charge in [0.1, 0.15) is 4.88 Å². The molecule has 0 saturated carbocycles. The number of hydrogen-bond acceptors (Lipinski definition) is 8. The fourth-order valence-corrected chi connectivity index (χ4v) is 5.45. The van der Waals surface area contributed by atoms with Crippen LogP contribution in [0.2, 0.25) is 0 Å². The van der Waals surface area contributed by atoms with Crippen LogP contribution in [0, 0.1) is 0 Å². The number of benzene rings is 1. The molecule has 3 amide bonds. The van der Waals surface area contributed by atoms with Gasteiger partial charge < -0.3 is 21.5 Å². The third-order valence-electron chi connectivity index (χ3n) is 5.67. The molecule has 1 aliphatic rings. The molecule has 3 aromatic rings. The molecular weight excluding hydrogens is 531 g/mol. The van der Waals surface area contributed by atoms with E-state index < -0.39 is 35.5 Å². The zero-order chi connectivity index (χ0) is 26.7. The number of nitrogens with two attached hydrogens (primary N) is 2. The number of nitrogens with zero attached hydrogens (tertiary/aromatic N) is 2. The van der Waals surface area contributed by atoms with Crippen molar-refractivity contribution in [3.63, 3.8) is 0 Å². The maximum atomic E-state index is 13.8. The van der Waals surface area contributed by atoms with Crippen molar-refractivity contribution in [2.45, 2.75) is 31.2 Å². The van der Waals surface area contributed by atoms with Gasteiger partial charge in [0.25, 0.3) is 11.8 Å². The van der Waals surface area contributed by atoms with Crippen LogP contribution in [0.25, 0.3) is 0 Å². The molecule has 0 unspecified atom stereocenters. The lowest BCUT2D eigenvalue weighted by atomic mass is 10.1. The molecule has 2 atom stereocenters. The van der Waals surface area contributed by atoms with Crippen molar-refractivity contribution in [2.75, 3.05) is 23.8 Å². The van der Waals surface area contributed by atoms with Gasteiger partial charge in [-0.15, -0.1) is 11.3 Å². The lowest BCUT2D eigenvalue weighted by Gasteiger charge is -2.31. The molecule has 4 rings (SSSR count). The van der Waals surface area contributed by atoms with Crippen molar-refractivity contribution >= 4 is 52.0 Å². The summed E-state index contributed by atoms with van der Waals surface area (Å²) < 4.78 is 50.1. The number of halogens is 3. The molecule has 37 heavy (non-hydrogen) atoms. The minimum Gasteiger partial charge on any atom is -0.395 e. The van der Waals surface area contributed by atoms with Crippen molar-refractivity contribution < 1.29 is 32.3 Å². The number of ether oxygens (including phenoxy) is 1. The number of alkyl halides is 3. The van der Waals surface area contributed by atoms with Gasteiger partial charge in [0.2, 0.25) is 5.91 Å². The Bertz CT molecular complexity index is 1290. The number of aromatic nitrogens is 1. The normalized spacial score (nSPS) is 16.4. The number of primary amides is 1. The van der Waals surface area contributed by atoms with E-state index in [9.17, 15) is 27.6 Å². The number of rotatable bonds is 8. The second-order valence-corrected chi connectivity index (χ2v) is 9.91. The molecule has 9 nitrogen and oxygen atoms in total. The minimum absolute atomic E-state index is 0.167. The fraction of sp³-hybridized carbons (Fsp3) is 0.304. The Morgan fingerprint density at radius 1 is 1.24 bits per heavy atom. The number of nitrogens with one attached hydrogen (secondary N) is 1. The summed E-state index contributed by atoms with van der Waals surface area (Å²) in [6.45, 7) is 0.733. The van der Waals surface area contributed by atoms with Crippen LogP contribution in [-0.2, 0) is 15.7 Å². The molecule has 1 saturated heterocycles. The summed E-state index contributed by atoms with van der Waals surface area (Å²) in [5, 5.41) is 4.44. The molecule has 0 radical (unpaired) electrons. The highest BCUT2D eigenvalue weighted by Gasteiger charge is 2.38. The molecule has 0 spiro atoms. The number of anilines is 2. The number of carbonyl (C=O) groups is 3. The van der Waals surface area contributed by atoms with Crippen molar-refractivity contribution in [1.82, 2.24) is 9.69 Å². The van der Waals surface area contributed by atoms with Crippen LogP contribution in [0.1, 0.15) is 49.5 Å². The van der Waals surface area contributed by atoms with Crippen LogP contribution in [-0.4, -0.2) is 41.4 Å². The van der Waals surface area contributed by atoms with E-state index in [2.05, 4.69) is 9.69 Å². The van der Waals surface area contributed by atoms with E-state index in [-0.39, 0.29) is 34.6 Å². The predicted molar refractivity (Wildman–Crippen MR) is 132 cm³/mol. The first-order valence-corrected chi connectivity index (χ1v) is 12.7. The maximum Gasteiger partial charge on any atom is 0.416 e. The summed E-state index contributed by atoms with van der Waals surface area (Å²) in [5.41, 5.74) is 9.37. The Kier molecular flexibility index (Phi) is 7.80. The molecule has 1 fully saturated rings. The van der Waals surface area contributed by atoms with Gasteiger partial charge in [-0.05, 0) is 54.0 Å². The van der Waals surface area contributed by atoms with Crippen molar-refractivity contribution in [3.8, 4) is 0 Å². The molecule has 2 aromatic heterocycles. The van der Waals surface area contributed by atoms with Crippen LogP contribution in [0.3, 0.4) is 0 Å². The molecule has 0 aliphatic carbocycles. The predicted octanol–water partition coefficient (Wildman–Crippen LogP) is 3.59. The third kappa shape index (κ3) is 5.76. The quantitative estimate of drug-likeness (QED) is 0.389. The van der Waals surface area contributed by atoms with E-state index in [0.29, 0.717) is 23.0 Å². The standard InChI is InChI=1S/C23H22F3N5O4S2/c24-23(25,26)12-4-1-5-13(10-12)31(22(34)19-16(27)17(20(28)32)30-37-19)18(15-7-3-9-36-15)21(33)29-11-14-6-2-8-35-14/h1,3-5,7,9-10,14,18H,2,6,8,11,27H2,(H2,28,32)(H,29,33)/t14-,18+/m0/s1. The lowest BCUT2D eigenvalue weighted by molar-refractivity contribution is -0.137. The Labute approximate surface area is 217 Å². The van der Waals surface area contributed by atoms with Gasteiger partial charge in [0, 0.05) is 23.7 Å². The monoisotopic (exact) mass is 553 g/mol. The van der Waals surface area contributed by atoms with Crippen LogP contribution >= 0.6 is 22.9 Å². The van der Waals surface area contributed by atoms with Crippen molar-refractivity contribution in [3.05, 3.63) is 62.8 Å². The van der Waals surface area contributed by atoms with E-state index in [4.69, 9.17) is 16.2 Å². The number of thiophene rings is 1. The molecule has 5 N–H and O–H groups in total. The number of nitrogen functional groups attached to an aromatic ring is 1. The highest BCUT2D eigenvalue weighted by molar-refractivity contribution is 7.10. The van der Waals surface area contributed by atoms with E-state index in [1.54, 1.807) is 17.5 Å². The zero-order valence-corrected chi connectivity index (χ0v) is 20.8. The van der Waals surface area contributed by atoms with Crippen LogP contribution < -0.4 is 21.7 Å². The molecule has 0 bridgehead atoms. The zero-order valence-electron chi connectivity index (χ0n) is 19.2. The summed E-state index contributed by atoms with van der Waals surface area (Å²) in [5.74, 6) is -2.50. The second-order valence-electron chi connectivity index (χ2n) is 8.16. The van der Waals surface area contributed by atoms with Crippen LogP contribution in [0.5, 0.6) is 0 Å². The van der Waals surface area contributed by atoms with E-state index >= 15 is 0 Å². The SMILES string of the molecule is NC(=O)c1nsc(C(=O)N(c2cccc(C(F)(F)F)c2)[C@@H](C(=O)NC[C@@H]2CCCO2)c2cccs2)c1N. The maximum absolute atomic E-state index is 13.8. The fourth-order valence-electron chi connectivity index (χ4n) is 3.89. The highest BCUT2D eigenvalue weighted by Crippen LogP contribution is 2.37. The Hall–Kier alpha value is -3.49. The van der Waals surface area contributed by atoms with Crippen molar-refractivity contribution in [2.24, 2.45) is 5.73 Å². The van der Waals surface area contributed by atoms with E-state index in [1.165, 1.54) is 6.07 Å². The summed E-state index contributed by atoms with van der Waals surface area (Å²) in [7, 11) is 0. The first kappa shape index (κ1) is 26.6. The minimum atomic E-state index is -4.70. The molecule has 3 heterocycles. The van der Waals surface area contributed by atoms with Gasteiger partial charge in [-0.3, -0.25) is 19.3 Å². The van der Waals surface area contributed by atoms with Gasteiger partial charge >= 0.3 is 6.18 Å². The second kappa shape index (κ2) is 10.9. The summed E-state index contributed by atoms with van der Waals surface area (Å²) in [6, 6.07) is 5.96. The van der Waals surface area contributed by atoms with Crippen LogP contribution in [0.4, 0.5) is 24.5 Å². The Morgan fingerprint density at radius 2 is 2.03 bits per heavy atom. The largest absolute Gasteiger partial charge is 0.416 e. The molecule has 14 heteroatoms. The van der Waals surface area contributed by atoms with E-state index in [0.717, 1.165) is 47.3 Å². The highest BCUT2D eigenvalue weighted by atomic mass is 32.1. The number of amides is 3. The Morgan fingerprint density at radius 3 is 2.62 bits per heavy atom. The van der Waals surface area contributed by atoms with Crippen LogP contribution in [0.15, 0.2) is 41.8 Å². The van der Waals surface area contributed by atoms with E-state index in [1.807, 2.05) is 0 Å². The molecule has 1 aliphatic heterocycles. The van der Waals surface area contributed by atoms with Gasteiger partial charge in [-0.2, -0.15) is 17.5 Å². The van der Waals surface area contributed by atoms with Gasteiger partial charge in [-0.25, -0.2) is 0 Å². The number of hydrogen-bond donors (Lipinski definition) is 3. The average Bonchev–Trinajstić information content (AvgIpc) is 3.62. The number of carbonyl (C=O) groups excluding carboxylic acids is 3. The van der Waals surface area contributed by atoms with Gasteiger partial charge in [0.15, 0.2) is 11.7 Å². The smallest absolute Gasteiger partial charge is 0.395 e. The van der Waals surface area contributed by atoms with Gasteiger partial charge in [-0.1, -0.05) is 12.1 Å².